The Bertz CT molecular complexity index is 1780. The van der Waals surface area contributed by atoms with E-state index in [-0.39, 0.29) is 35.2 Å². The number of Topliss-reactive ketones (excluding diaryl/α,β-unsaturated/α-hetero) is 1. The van der Waals surface area contributed by atoms with Crippen LogP contribution in [0.15, 0.2) is 71.6 Å². The third kappa shape index (κ3) is 7.98. The van der Waals surface area contributed by atoms with Gasteiger partial charge in [-0.1, -0.05) is 30.3 Å². The SMILES string of the molecule is CS(=O)(=O)c1cc(C(=O)C=C(C(=O)c2ccc(C(=O)NCCC(=O)O)cc2)c2ccc3c(c2)CCC3)ccc1OC(F)(F)F. The second kappa shape index (κ2) is 12.8. The third-order valence-corrected chi connectivity index (χ3v) is 7.93. The molecule has 1 aliphatic carbocycles. The molecule has 0 saturated heterocycles. The fourth-order valence-electron chi connectivity index (χ4n) is 4.71. The molecule has 4 rings (SSSR count). The number of halogens is 3. The molecular formula is C31H26F3NO8S. The summed E-state index contributed by atoms with van der Waals surface area (Å²) >= 11 is 0. The van der Waals surface area contributed by atoms with E-state index in [0.717, 1.165) is 54.7 Å². The summed E-state index contributed by atoms with van der Waals surface area (Å²) in [6.45, 7) is -0.0907. The molecule has 1 aliphatic rings. The second-order valence-corrected chi connectivity index (χ2v) is 12.0. The summed E-state index contributed by atoms with van der Waals surface area (Å²) in [5.74, 6) is -4.07. The summed E-state index contributed by atoms with van der Waals surface area (Å²) in [7, 11) is -4.26. The topological polar surface area (TPSA) is 144 Å². The van der Waals surface area contributed by atoms with Gasteiger partial charge in [-0.2, -0.15) is 0 Å². The zero-order valence-electron chi connectivity index (χ0n) is 23.2. The minimum absolute atomic E-state index is 0.0557. The summed E-state index contributed by atoms with van der Waals surface area (Å²) in [5.41, 5.74) is 2.43. The number of carbonyl (C=O) groups excluding carboxylic acids is 3. The maximum atomic E-state index is 13.8. The molecule has 9 nitrogen and oxygen atoms in total. The first-order valence-corrected chi connectivity index (χ1v) is 15.1. The number of amides is 1. The molecule has 0 fully saturated rings. The lowest BCUT2D eigenvalue weighted by atomic mass is 9.92. The van der Waals surface area contributed by atoms with Gasteiger partial charge in [0.25, 0.3) is 5.91 Å². The van der Waals surface area contributed by atoms with Crippen molar-refractivity contribution in [3.8, 4) is 5.75 Å². The van der Waals surface area contributed by atoms with Crippen molar-refractivity contribution in [2.75, 3.05) is 12.8 Å². The molecule has 44 heavy (non-hydrogen) atoms. The Morgan fingerprint density at radius 1 is 0.886 bits per heavy atom. The predicted molar refractivity (Wildman–Crippen MR) is 152 cm³/mol. The summed E-state index contributed by atoms with van der Waals surface area (Å²) in [4.78, 5) is 49.3. The van der Waals surface area contributed by atoms with E-state index in [1.54, 1.807) is 12.1 Å². The van der Waals surface area contributed by atoms with Crippen LogP contribution in [0.2, 0.25) is 0 Å². The minimum atomic E-state index is -5.17. The Balaban J connectivity index is 1.71. The zero-order valence-corrected chi connectivity index (χ0v) is 24.0. The van der Waals surface area contributed by atoms with E-state index in [9.17, 15) is 40.8 Å². The van der Waals surface area contributed by atoms with Gasteiger partial charge in [0.1, 0.15) is 10.6 Å². The van der Waals surface area contributed by atoms with Gasteiger partial charge in [0.2, 0.25) is 0 Å². The van der Waals surface area contributed by atoms with Gasteiger partial charge in [-0.3, -0.25) is 19.2 Å². The Morgan fingerprint density at radius 2 is 1.50 bits per heavy atom. The van der Waals surface area contributed by atoms with Gasteiger partial charge in [0.05, 0.1) is 6.42 Å². The van der Waals surface area contributed by atoms with Crippen molar-refractivity contribution < 1.29 is 50.6 Å². The first-order chi connectivity index (χ1) is 20.6. The lowest BCUT2D eigenvalue weighted by Crippen LogP contribution is -2.26. The number of nitrogens with one attached hydrogen (secondary N) is 1. The normalized spacial score (nSPS) is 13.2. The van der Waals surface area contributed by atoms with Gasteiger partial charge < -0.3 is 15.2 Å². The molecule has 3 aromatic rings. The summed E-state index contributed by atoms with van der Waals surface area (Å²) in [6.07, 6.45) is -1.23. The number of carboxylic acid groups (broad SMARTS) is 1. The summed E-state index contributed by atoms with van der Waals surface area (Å²) in [5, 5.41) is 11.2. The number of alkyl halides is 3. The number of hydrogen-bond donors (Lipinski definition) is 2. The van der Waals surface area contributed by atoms with Crippen LogP contribution in [0, 0.1) is 0 Å². The Labute approximate surface area is 250 Å². The molecule has 0 aliphatic heterocycles. The molecule has 0 aromatic heterocycles. The Morgan fingerprint density at radius 3 is 2.14 bits per heavy atom. The standard InChI is InChI=1S/C31H26F3NO8S/c1-44(41,42)27-16-23(11-12-26(27)43-31(32,33)34)25(36)17-24(22-10-5-18-3-2-4-21(18)15-22)29(39)19-6-8-20(9-7-19)30(40)35-14-13-28(37)38/h5-12,15-17H,2-4,13-14H2,1H3,(H,35,40)(H,37,38). The number of fused-ring (bicyclic) bond motifs is 1. The molecule has 230 valence electrons. The van der Waals surface area contributed by atoms with Crippen molar-refractivity contribution in [3.63, 3.8) is 0 Å². The Hall–Kier alpha value is -4.78. The number of allylic oxidation sites excluding steroid dienone is 2. The number of ketones is 2. The number of carboxylic acids is 1. The molecular weight excluding hydrogens is 603 g/mol. The second-order valence-electron chi connectivity index (χ2n) is 10.0. The first kappa shape index (κ1) is 32.1. The molecule has 0 bridgehead atoms. The van der Waals surface area contributed by atoms with Gasteiger partial charge in [0.15, 0.2) is 21.4 Å². The maximum absolute atomic E-state index is 13.8. The van der Waals surface area contributed by atoms with Crippen LogP contribution in [0.25, 0.3) is 5.57 Å². The zero-order chi connectivity index (χ0) is 32.2. The highest BCUT2D eigenvalue weighted by Gasteiger charge is 2.34. The van der Waals surface area contributed by atoms with E-state index in [4.69, 9.17) is 5.11 Å². The fourth-order valence-corrected chi connectivity index (χ4v) is 5.52. The number of rotatable bonds is 11. The molecule has 1 amide bonds. The van der Waals surface area contributed by atoms with E-state index in [0.29, 0.717) is 11.8 Å². The summed E-state index contributed by atoms with van der Waals surface area (Å²) in [6, 6.07) is 13.2. The van der Waals surface area contributed by atoms with Crippen molar-refractivity contribution in [2.24, 2.45) is 0 Å². The highest BCUT2D eigenvalue weighted by atomic mass is 32.2. The van der Waals surface area contributed by atoms with Gasteiger partial charge in [-0.05, 0) is 72.4 Å². The lowest BCUT2D eigenvalue weighted by molar-refractivity contribution is -0.275. The molecule has 2 N–H and O–H groups in total. The monoisotopic (exact) mass is 629 g/mol. The molecule has 0 saturated carbocycles. The molecule has 13 heteroatoms. The van der Waals surface area contributed by atoms with Gasteiger partial charge in [0, 0.05) is 35.1 Å². The third-order valence-electron chi connectivity index (χ3n) is 6.82. The number of sulfone groups is 1. The first-order valence-electron chi connectivity index (χ1n) is 13.3. The van der Waals surface area contributed by atoms with E-state index >= 15 is 0 Å². The largest absolute Gasteiger partial charge is 0.573 e. The van der Waals surface area contributed by atoms with Crippen molar-refractivity contribution in [3.05, 3.63) is 100 Å². The molecule has 3 aromatic carbocycles. The van der Waals surface area contributed by atoms with E-state index in [1.807, 2.05) is 6.07 Å². The molecule has 0 radical (unpaired) electrons. The van der Waals surface area contributed by atoms with Crippen LogP contribution in [-0.2, 0) is 27.5 Å². The number of aliphatic carboxylic acids is 1. The number of benzene rings is 3. The van der Waals surface area contributed by atoms with Gasteiger partial charge >= 0.3 is 12.3 Å². The van der Waals surface area contributed by atoms with Crippen molar-refractivity contribution >= 4 is 38.9 Å². The molecule has 0 atom stereocenters. The number of carbonyl (C=O) groups is 4. The quantitative estimate of drug-likeness (QED) is 0.227. The van der Waals surface area contributed by atoms with Crippen LogP contribution < -0.4 is 10.1 Å². The van der Waals surface area contributed by atoms with Crippen molar-refractivity contribution in [1.29, 1.82) is 0 Å². The van der Waals surface area contributed by atoms with Gasteiger partial charge in [-0.15, -0.1) is 13.2 Å². The Kier molecular flexibility index (Phi) is 9.38. The predicted octanol–water partition coefficient (Wildman–Crippen LogP) is 4.83. The molecule has 0 heterocycles. The smallest absolute Gasteiger partial charge is 0.481 e. The lowest BCUT2D eigenvalue weighted by Gasteiger charge is -2.13. The van der Waals surface area contributed by atoms with Crippen molar-refractivity contribution in [1.82, 2.24) is 5.32 Å². The number of aryl methyl sites for hydroxylation is 2. The summed E-state index contributed by atoms with van der Waals surface area (Å²) < 4.78 is 66.9. The fraction of sp³-hybridized carbons (Fsp3) is 0.226. The van der Waals surface area contributed by atoms with Crippen LogP contribution in [0.3, 0.4) is 0 Å². The van der Waals surface area contributed by atoms with Crippen LogP contribution in [0.4, 0.5) is 13.2 Å². The maximum Gasteiger partial charge on any atom is 0.573 e. The number of hydrogen-bond acceptors (Lipinski definition) is 7. The minimum Gasteiger partial charge on any atom is -0.481 e. The van der Waals surface area contributed by atoms with Crippen LogP contribution in [-0.4, -0.2) is 56.1 Å². The van der Waals surface area contributed by atoms with Gasteiger partial charge in [-0.25, -0.2) is 8.42 Å². The average molecular weight is 630 g/mol. The van der Waals surface area contributed by atoms with Crippen LogP contribution in [0.1, 0.15) is 60.6 Å². The van der Waals surface area contributed by atoms with E-state index in [2.05, 4.69) is 10.1 Å². The average Bonchev–Trinajstić information content (AvgIpc) is 3.42. The highest BCUT2D eigenvalue weighted by molar-refractivity contribution is 7.90. The van der Waals surface area contributed by atoms with E-state index in [1.165, 1.54) is 24.3 Å². The van der Waals surface area contributed by atoms with E-state index < -0.39 is 50.3 Å². The van der Waals surface area contributed by atoms with Crippen LogP contribution >= 0.6 is 0 Å². The van der Waals surface area contributed by atoms with Crippen molar-refractivity contribution in [2.45, 2.75) is 36.9 Å². The van der Waals surface area contributed by atoms with Crippen LogP contribution in [0.5, 0.6) is 5.75 Å². The number of ether oxygens (including phenoxy) is 1. The highest BCUT2D eigenvalue weighted by Crippen LogP contribution is 2.32. The molecule has 0 unspecified atom stereocenters. The molecule has 0 spiro atoms.